The highest BCUT2D eigenvalue weighted by Gasteiger charge is 2.45. The summed E-state index contributed by atoms with van der Waals surface area (Å²) in [7, 11) is -1.73. The van der Waals surface area contributed by atoms with E-state index in [2.05, 4.69) is 156 Å². The van der Waals surface area contributed by atoms with Crippen molar-refractivity contribution in [2.24, 2.45) is 17.8 Å². The van der Waals surface area contributed by atoms with Crippen LogP contribution in [0.5, 0.6) is 0 Å². The number of aryl methyl sites for hydroxylation is 1. The number of fused-ring (bicyclic) bond motifs is 12. The fourth-order valence-corrected chi connectivity index (χ4v) is 13.2. The Kier molecular flexibility index (Phi) is 9.41. The van der Waals surface area contributed by atoms with Gasteiger partial charge in [0, 0.05) is 34.0 Å². The molecule has 0 saturated heterocycles. The van der Waals surface area contributed by atoms with Crippen molar-refractivity contribution in [2.75, 3.05) is 0 Å². The van der Waals surface area contributed by atoms with Crippen molar-refractivity contribution >= 4 is 13.3 Å². The lowest BCUT2D eigenvalue weighted by atomic mass is 9.63. The Morgan fingerprint density at radius 3 is 2.14 bits per heavy atom. The third kappa shape index (κ3) is 6.58. The molecular weight excluding hydrogens is 719 g/mol. The smallest absolute Gasteiger partial charge is 0.193 e. The summed E-state index contributed by atoms with van der Waals surface area (Å²) in [6.45, 7) is 13.4. The molecule has 0 N–H and O–H groups in total. The Morgan fingerprint density at radius 1 is 0.707 bits per heavy atom. The normalized spacial score (nSPS) is 22.1. The molecule has 6 aromatic rings. The summed E-state index contributed by atoms with van der Waals surface area (Å²) in [5, 5.41) is 12.2. The molecule has 4 heteroatoms. The minimum atomic E-state index is -1.73. The summed E-state index contributed by atoms with van der Waals surface area (Å²) < 4.78 is 5.14. The molecule has 3 atom stereocenters. The van der Waals surface area contributed by atoms with Crippen LogP contribution in [0.1, 0.15) is 72.7 Å². The minimum absolute atomic E-state index is 0.0982. The molecule has 2 aliphatic heterocycles. The number of nitrogens with zero attached hydrogens (tertiary/aromatic N) is 3. The highest BCUT2D eigenvalue weighted by Crippen LogP contribution is 2.48. The summed E-state index contributed by atoms with van der Waals surface area (Å²) in [5.74, 6) is 2.88. The molecule has 3 unspecified atom stereocenters. The average Bonchev–Trinajstić information content (AvgIpc) is 3.25. The molecule has 3 nitrogen and oxygen atoms in total. The van der Waals surface area contributed by atoms with Crippen LogP contribution in [0.15, 0.2) is 140 Å². The monoisotopic (exact) mass is 773 g/mol. The maximum atomic E-state index is 10.6. The summed E-state index contributed by atoms with van der Waals surface area (Å²) in [6, 6.07) is 44.8. The lowest BCUT2D eigenvalue weighted by Gasteiger charge is -2.43. The molecule has 58 heavy (non-hydrogen) atoms. The van der Waals surface area contributed by atoms with E-state index in [1.807, 2.05) is 6.07 Å². The molecule has 5 aliphatic rings. The van der Waals surface area contributed by atoms with Crippen molar-refractivity contribution in [2.45, 2.75) is 89.5 Å². The van der Waals surface area contributed by atoms with Crippen LogP contribution in [-0.2, 0) is 19.4 Å². The minimum Gasteiger partial charge on any atom is -0.193 e. The van der Waals surface area contributed by atoms with Gasteiger partial charge in [-0.15, -0.1) is 0 Å². The average molecular weight is 774 g/mol. The largest absolute Gasteiger partial charge is 0.213 e. The summed E-state index contributed by atoms with van der Waals surface area (Å²) in [6.07, 6.45) is 15.2. The summed E-state index contributed by atoms with van der Waals surface area (Å²) in [4.78, 5) is 0. The molecule has 4 aromatic carbocycles. The van der Waals surface area contributed by atoms with Crippen LogP contribution in [0.3, 0.4) is 0 Å². The number of pyridine rings is 2. The van der Waals surface area contributed by atoms with Gasteiger partial charge in [-0.25, -0.2) is 0 Å². The lowest BCUT2D eigenvalue weighted by Crippen LogP contribution is -2.55. The van der Waals surface area contributed by atoms with E-state index in [4.69, 9.17) is 6.58 Å². The number of allylic oxidation sites excluding steroid dienone is 1. The zero-order chi connectivity index (χ0) is 39.5. The van der Waals surface area contributed by atoms with Gasteiger partial charge in [0.15, 0.2) is 25.0 Å². The highest BCUT2D eigenvalue weighted by molar-refractivity contribution is 6.89. The van der Waals surface area contributed by atoms with E-state index in [0.29, 0.717) is 6.54 Å². The fourth-order valence-electron chi connectivity index (χ4n) is 11.5. The van der Waals surface area contributed by atoms with E-state index in [1.165, 1.54) is 83.2 Å². The quantitative estimate of drug-likeness (QED) is 0.0975. The molecular formula is C54H55N3Si+2. The van der Waals surface area contributed by atoms with Gasteiger partial charge in [-0.1, -0.05) is 118 Å². The second kappa shape index (κ2) is 14.8. The van der Waals surface area contributed by atoms with E-state index in [9.17, 15) is 5.26 Å². The number of aromatic nitrogens is 2. The van der Waals surface area contributed by atoms with E-state index in [0.717, 1.165) is 53.0 Å². The molecule has 0 amide bonds. The predicted molar refractivity (Wildman–Crippen MR) is 239 cm³/mol. The fraction of sp³-hybridized carbons (Fsp3) is 0.315. The summed E-state index contributed by atoms with van der Waals surface area (Å²) >= 11 is 0. The molecule has 288 valence electrons. The van der Waals surface area contributed by atoms with Crippen LogP contribution in [0.25, 0.3) is 44.8 Å². The van der Waals surface area contributed by atoms with Crippen molar-refractivity contribution in [1.29, 1.82) is 5.26 Å². The van der Waals surface area contributed by atoms with Crippen LogP contribution in [0, 0.1) is 29.1 Å². The van der Waals surface area contributed by atoms with Gasteiger partial charge in [-0.3, -0.25) is 0 Å². The first-order chi connectivity index (χ1) is 28.2. The zero-order valence-electron chi connectivity index (χ0n) is 34.4. The molecule has 4 heterocycles. The standard InChI is InChI=1S/C54H55N3Si/c1-36-33-56-34-42(38-13-7-5-8-14-38)24-26-51(56)50-31-49(40-15-9-6-10-16-40)45(32-55)28-41(50)23-25-48-46-17-11-12-18-47(46)52-30-44(29-43-27-37-19-21-39(43)22-20-37)53(58(2,3)4)35-57(52)54(36)48/h5-18,24,26,28,30-31,34-35,37,39,43,48,54H,1,19-23,25,27,29,33H2,2-4H3/q+2. The van der Waals surface area contributed by atoms with E-state index in [-0.39, 0.29) is 12.0 Å². The van der Waals surface area contributed by atoms with E-state index >= 15 is 0 Å². The molecule has 3 fully saturated rings. The van der Waals surface area contributed by atoms with Crippen LogP contribution in [0.2, 0.25) is 19.6 Å². The second-order valence-electron chi connectivity index (χ2n) is 18.9. The molecule has 2 bridgehead atoms. The van der Waals surface area contributed by atoms with Gasteiger partial charge in [-0.05, 0) is 108 Å². The highest BCUT2D eigenvalue weighted by atomic mass is 28.3. The van der Waals surface area contributed by atoms with E-state index in [1.54, 1.807) is 10.8 Å². The first-order valence-electron chi connectivity index (χ1n) is 21.8. The summed E-state index contributed by atoms with van der Waals surface area (Å²) in [5.41, 5.74) is 15.8. The number of nitriles is 1. The number of rotatable bonds is 5. The van der Waals surface area contributed by atoms with Crippen molar-refractivity contribution in [3.05, 3.63) is 162 Å². The zero-order valence-corrected chi connectivity index (χ0v) is 35.4. The Labute approximate surface area is 346 Å². The Hall–Kier alpha value is -5.37. The molecule has 3 aliphatic carbocycles. The van der Waals surface area contributed by atoms with Gasteiger partial charge >= 0.3 is 0 Å². The van der Waals surface area contributed by atoms with Crippen LogP contribution in [0.4, 0.5) is 0 Å². The van der Waals surface area contributed by atoms with Gasteiger partial charge < -0.3 is 0 Å². The maximum absolute atomic E-state index is 10.6. The van der Waals surface area contributed by atoms with Crippen LogP contribution < -0.4 is 14.3 Å². The Bertz CT molecular complexity index is 2590. The number of hydrogen-bond acceptors (Lipinski definition) is 1. The number of benzene rings is 4. The van der Waals surface area contributed by atoms with Gasteiger partial charge in [0.1, 0.15) is 0 Å². The first kappa shape index (κ1) is 36.9. The first-order valence-corrected chi connectivity index (χ1v) is 25.3. The lowest BCUT2D eigenvalue weighted by molar-refractivity contribution is -0.722. The topological polar surface area (TPSA) is 31.5 Å². The van der Waals surface area contributed by atoms with Crippen molar-refractivity contribution < 1.29 is 9.13 Å². The second-order valence-corrected chi connectivity index (χ2v) is 23.9. The third-order valence-corrected chi connectivity index (χ3v) is 16.4. The van der Waals surface area contributed by atoms with Crippen molar-refractivity contribution in [1.82, 2.24) is 0 Å². The Balaban J connectivity index is 1.15. The Morgan fingerprint density at radius 2 is 1.43 bits per heavy atom. The SMILES string of the molecule is C=C1C[n+]2cc(-c3ccccc3)ccc2-c2cc(-c3ccccc3)c(C#N)cc2CCC2c3ccccc3-c3cc(CC4CC5CCC4CC5)c([Si](C)(C)C)c[n+]3C12. The van der Waals surface area contributed by atoms with Gasteiger partial charge in [0.25, 0.3) is 0 Å². The van der Waals surface area contributed by atoms with Crippen LogP contribution in [-0.4, -0.2) is 8.07 Å². The van der Waals surface area contributed by atoms with Crippen molar-refractivity contribution in [3.63, 3.8) is 0 Å². The van der Waals surface area contributed by atoms with E-state index < -0.39 is 8.07 Å². The number of hydrogen-bond donors (Lipinski definition) is 0. The van der Waals surface area contributed by atoms with Gasteiger partial charge in [-0.2, -0.15) is 14.4 Å². The maximum Gasteiger partial charge on any atom is 0.213 e. The third-order valence-electron chi connectivity index (χ3n) is 14.4. The molecule has 0 radical (unpaired) electrons. The molecule has 11 rings (SSSR count). The molecule has 3 saturated carbocycles. The molecule has 0 spiro atoms. The predicted octanol–water partition coefficient (Wildman–Crippen LogP) is 11.6. The van der Waals surface area contributed by atoms with Gasteiger partial charge in [0.2, 0.25) is 11.4 Å². The molecule has 2 aromatic heterocycles. The van der Waals surface area contributed by atoms with Crippen LogP contribution >= 0.6 is 0 Å². The van der Waals surface area contributed by atoms with Crippen molar-refractivity contribution in [3.8, 4) is 50.8 Å². The van der Waals surface area contributed by atoms with Gasteiger partial charge in [0.05, 0.1) is 36.8 Å².